The average molecular weight is 245 g/mol. The normalized spacial score (nSPS) is 18.9. The van der Waals surface area contributed by atoms with Gasteiger partial charge in [-0.1, -0.05) is 45.7 Å². The van der Waals surface area contributed by atoms with E-state index in [0.29, 0.717) is 6.04 Å². The molecule has 1 atom stereocenters. The van der Waals surface area contributed by atoms with Crippen molar-refractivity contribution in [3.63, 3.8) is 0 Å². The standard InChI is InChI=1S/C17H27N/c1-13(14-7-5-6-8-14)18-16-11-9-15(10-12-16)17(2,3)4/h9-14,18H,5-8H2,1-4H3. The Kier molecular flexibility index (Phi) is 3.99. The van der Waals surface area contributed by atoms with Gasteiger partial charge in [-0.25, -0.2) is 0 Å². The first-order valence-electron chi connectivity index (χ1n) is 7.34. The summed E-state index contributed by atoms with van der Waals surface area (Å²) in [5.41, 5.74) is 2.92. The monoisotopic (exact) mass is 245 g/mol. The molecular weight excluding hydrogens is 218 g/mol. The van der Waals surface area contributed by atoms with Crippen LogP contribution in [0.2, 0.25) is 0 Å². The van der Waals surface area contributed by atoms with Crippen molar-refractivity contribution < 1.29 is 0 Å². The van der Waals surface area contributed by atoms with Gasteiger partial charge in [-0.3, -0.25) is 0 Å². The number of hydrogen-bond acceptors (Lipinski definition) is 1. The number of anilines is 1. The summed E-state index contributed by atoms with van der Waals surface area (Å²) in [6, 6.07) is 9.57. The first-order valence-corrected chi connectivity index (χ1v) is 7.34. The molecule has 100 valence electrons. The Bertz CT molecular complexity index is 366. The third-order valence-corrected chi connectivity index (χ3v) is 4.25. The first kappa shape index (κ1) is 13.5. The second-order valence-corrected chi connectivity index (χ2v) is 6.80. The first-order chi connectivity index (χ1) is 8.47. The highest BCUT2D eigenvalue weighted by Crippen LogP contribution is 2.30. The summed E-state index contributed by atoms with van der Waals surface area (Å²) >= 11 is 0. The predicted octanol–water partition coefficient (Wildman–Crippen LogP) is 4.97. The molecule has 1 aromatic carbocycles. The lowest BCUT2D eigenvalue weighted by Crippen LogP contribution is -2.23. The molecule has 0 saturated heterocycles. The van der Waals surface area contributed by atoms with Crippen LogP contribution in [0.15, 0.2) is 24.3 Å². The van der Waals surface area contributed by atoms with Crippen molar-refractivity contribution in [3.05, 3.63) is 29.8 Å². The largest absolute Gasteiger partial charge is 0.382 e. The van der Waals surface area contributed by atoms with Gasteiger partial charge in [-0.15, -0.1) is 0 Å². The SMILES string of the molecule is CC(Nc1ccc(C(C)(C)C)cc1)C1CCCC1. The van der Waals surface area contributed by atoms with Gasteiger partial charge in [0.2, 0.25) is 0 Å². The maximum Gasteiger partial charge on any atom is 0.0342 e. The number of rotatable bonds is 3. The Morgan fingerprint density at radius 3 is 2.11 bits per heavy atom. The number of benzene rings is 1. The molecule has 1 unspecified atom stereocenters. The highest BCUT2D eigenvalue weighted by Gasteiger charge is 2.21. The van der Waals surface area contributed by atoms with Gasteiger partial charge >= 0.3 is 0 Å². The fourth-order valence-corrected chi connectivity index (χ4v) is 2.90. The van der Waals surface area contributed by atoms with E-state index in [0.717, 1.165) is 5.92 Å². The molecule has 1 aliphatic rings. The number of nitrogens with one attached hydrogen (secondary N) is 1. The maximum atomic E-state index is 3.66. The van der Waals surface area contributed by atoms with Gasteiger partial charge in [0.25, 0.3) is 0 Å². The van der Waals surface area contributed by atoms with E-state index in [4.69, 9.17) is 0 Å². The molecule has 1 fully saturated rings. The van der Waals surface area contributed by atoms with Crippen LogP contribution >= 0.6 is 0 Å². The lowest BCUT2D eigenvalue weighted by molar-refractivity contribution is 0.482. The van der Waals surface area contributed by atoms with Crippen molar-refractivity contribution in [1.29, 1.82) is 0 Å². The summed E-state index contributed by atoms with van der Waals surface area (Å²) in [5.74, 6) is 0.868. The summed E-state index contributed by atoms with van der Waals surface area (Å²) in [5, 5.41) is 3.66. The van der Waals surface area contributed by atoms with Gasteiger partial charge in [0.15, 0.2) is 0 Å². The molecule has 0 amide bonds. The average Bonchev–Trinajstić information content (AvgIpc) is 2.82. The highest BCUT2D eigenvalue weighted by molar-refractivity contribution is 5.46. The molecule has 0 aromatic heterocycles. The van der Waals surface area contributed by atoms with E-state index >= 15 is 0 Å². The van der Waals surface area contributed by atoms with Crippen molar-refractivity contribution in [2.75, 3.05) is 5.32 Å². The molecule has 18 heavy (non-hydrogen) atoms. The lowest BCUT2D eigenvalue weighted by Gasteiger charge is -2.23. The molecule has 1 aliphatic carbocycles. The highest BCUT2D eigenvalue weighted by atomic mass is 14.9. The van der Waals surface area contributed by atoms with Crippen molar-refractivity contribution in [3.8, 4) is 0 Å². The second-order valence-electron chi connectivity index (χ2n) is 6.80. The minimum absolute atomic E-state index is 0.246. The van der Waals surface area contributed by atoms with E-state index < -0.39 is 0 Å². The zero-order valence-corrected chi connectivity index (χ0v) is 12.3. The predicted molar refractivity (Wildman–Crippen MR) is 80.2 cm³/mol. The summed E-state index contributed by atoms with van der Waals surface area (Å²) in [7, 11) is 0. The van der Waals surface area contributed by atoms with Gasteiger partial charge in [-0.05, 0) is 48.8 Å². The molecule has 1 saturated carbocycles. The van der Waals surface area contributed by atoms with Crippen LogP contribution < -0.4 is 5.32 Å². The summed E-state index contributed by atoms with van der Waals surface area (Å²) < 4.78 is 0. The van der Waals surface area contributed by atoms with Crippen LogP contribution in [0.3, 0.4) is 0 Å². The minimum atomic E-state index is 0.246. The maximum absolute atomic E-state index is 3.66. The van der Waals surface area contributed by atoms with Gasteiger partial charge in [0.05, 0.1) is 0 Å². The molecule has 0 radical (unpaired) electrons. The molecule has 2 rings (SSSR count). The lowest BCUT2D eigenvalue weighted by atomic mass is 9.87. The molecule has 0 heterocycles. The fourth-order valence-electron chi connectivity index (χ4n) is 2.90. The van der Waals surface area contributed by atoms with Crippen LogP contribution in [0.5, 0.6) is 0 Å². The molecule has 1 heteroatoms. The van der Waals surface area contributed by atoms with Crippen LogP contribution in [0.25, 0.3) is 0 Å². The van der Waals surface area contributed by atoms with Crippen LogP contribution in [0, 0.1) is 5.92 Å². The van der Waals surface area contributed by atoms with Gasteiger partial charge < -0.3 is 5.32 Å². The molecule has 1 N–H and O–H groups in total. The van der Waals surface area contributed by atoms with Crippen LogP contribution in [0.1, 0.15) is 58.9 Å². The van der Waals surface area contributed by atoms with E-state index in [1.54, 1.807) is 0 Å². The Balaban J connectivity index is 1.97. The molecule has 1 nitrogen and oxygen atoms in total. The molecule has 0 bridgehead atoms. The van der Waals surface area contributed by atoms with Crippen molar-refractivity contribution >= 4 is 5.69 Å². The van der Waals surface area contributed by atoms with Crippen molar-refractivity contribution in [1.82, 2.24) is 0 Å². The van der Waals surface area contributed by atoms with Crippen LogP contribution in [0.4, 0.5) is 5.69 Å². The zero-order chi connectivity index (χ0) is 13.2. The smallest absolute Gasteiger partial charge is 0.0342 e. The fraction of sp³-hybridized carbons (Fsp3) is 0.647. The summed E-state index contributed by atoms with van der Waals surface area (Å²) in [4.78, 5) is 0. The Morgan fingerprint density at radius 2 is 1.61 bits per heavy atom. The number of hydrogen-bond donors (Lipinski definition) is 1. The van der Waals surface area contributed by atoms with E-state index in [9.17, 15) is 0 Å². The zero-order valence-electron chi connectivity index (χ0n) is 12.3. The molecule has 1 aromatic rings. The Morgan fingerprint density at radius 1 is 1.06 bits per heavy atom. The summed E-state index contributed by atoms with van der Waals surface area (Å²) in [6.07, 6.45) is 5.63. The third-order valence-electron chi connectivity index (χ3n) is 4.25. The van der Waals surface area contributed by atoms with E-state index in [1.807, 2.05) is 0 Å². The Labute approximate surface area is 112 Å². The van der Waals surface area contributed by atoms with Gasteiger partial charge in [0.1, 0.15) is 0 Å². The second kappa shape index (κ2) is 5.34. The molecule has 0 aliphatic heterocycles. The topological polar surface area (TPSA) is 12.0 Å². The van der Waals surface area contributed by atoms with Gasteiger partial charge in [0, 0.05) is 11.7 Å². The quantitative estimate of drug-likeness (QED) is 0.792. The Hall–Kier alpha value is -0.980. The van der Waals surface area contributed by atoms with Crippen LogP contribution in [-0.4, -0.2) is 6.04 Å². The molecule has 0 spiro atoms. The van der Waals surface area contributed by atoms with Crippen molar-refractivity contribution in [2.45, 2.75) is 64.8 Å². The molecular formula is C17H27N. The van der Waals surface area contributed by atoms with Crippen molar-refractivity contribution in [2.24, 2.45) is 5.92 Å². The van der Waals surface area contributed by atoms with E-state index in [2.05, 4.69) is 57.3 Å². The third kappa shape index (κ3) is 3.28. The van der Waals surface area contributed by atoms with E-state index in [-0.39, 0.29) is 5.41 Å². The minimum Gasteiger partial charge on any atom is -0.382 e. The van der Waals surface area contributed by atoms with Crippen LogP contribution in [-0.2, 0) is 5.41 Å². The van der Waals surface area contributed by atoms with E-state index in [1.165, 1.54) is 36.9 Å². The van der Waals surface area contributed by atoms with Gasteiger partial charge in [-0.2, -0.15) is 0 Å². The summed E-state index contributed by atoms with van der Waals surface area (Å²) in [6.45, 7) is 9.11.